The molecule has 0 fully saturated rings. The van der Waals surface area contributed by atoms with Gasteiger partial charge in [0.25, 0.3) is 0 Å². The summed E-state index contributed by atoms with van der Waals surface area (Å²) in [5, 5.41) is 7.59. The number of aryl methyl sites for hydroxylation is 3. The van der Waals surface area contributed by atoms with Crippen LogP contribution >= 0.6 is 11.6 Å². The zero-order valence-electron chi connectivity index (χ0n) is 12.3. The third-order valence-corrected chi connectivity index (χ3v) is 3.71. The van der Waals surface area contributed by atoms with Gasteiger partial charge in [-0.05, 0) is 61.7 Å². The van der Waals surface area contributed by atoms with Crippen molar-refractivity contribution in [2.24, 2.45) is 0 Å². The first-order chi connectivity index (χ1) is 9.56. The molecule has 0 saturated carbocycles. The number of benzene rings is 2. The first kappa shape index (κ1) is 14.7. The average molecular weight is 289 g/mol. The number of anilines is 2. The van der Waals surface area contributed by atoms with Crippen LogP contribution in [0.3, 0.4) is 0 Å². The molecule has 106 valence electrons. The Morgan fingerprint density at radius 3 is 2.25 bits per heavy atom. The summed E-state index contributed by atoms with van der Waals surface area (Å²) in [5.41, 5.74) is 6.11. The monoisotopic (exact) mass is 288 g/mol. The van der Waals surface area contributed by atoms with Gasteiger partial charge >= 0.3 is 0 Å². The van der Waals surface area contributed by atoms with Crippen molar-refractivity contribution in [1.29, 1.82) is 0 Å². The van der Waals surface area contributed by atoms with E-state index in [4.69, 9.17) is 11.6 Å². The molecule has 0 radical (unpaired) electrons. The Morgan fingerprint density at radius 1 is 0.800 bits per heavy atom. The molecule has 0 bridgehead atoms. The van der Waals surface area contributed by atoms with E-state index in [0.717, 1.165) is 29.5 Å². The summed E-state index contributed by atoms with van der Waals surface area (Å²) in [6.07, 6.45) is 0. The van der Waals surface area contributed by atoms with E-state index in [9.17, 15) is 0 Å². The van der Waals surface area contributed by atoms with Crippen LogP contribution in [-0.4, -0.2) is 13.1 Å². The van der Waals surface area contributed by atoms with Gasteiger partial charge in [0.05, 0.1) is 0 Å². The molecule has 0 aromatic heterocycles. The van der Waals surface area contributed by atoms with Crippen LogP contribution in [0.2, 0.25) is 5.02 Å². The second-order valence-corrected chi connectivity index (χ2v) is 5.55. The Kier molecular flexibility index (Phi) is 4.91. The molecule has 0 spiro atoms. The Hall–Kier alpha value is -1.67. The summed E-state index contributed by atoms with van der Waals surface area (Å²) in [7, 11) is 0. The van der Waals surface area contributed by atoms with Gasteiger partial charge in [-0.1, -0.05) is 23.7 Å². The fraction of sp³-hybridized carbons (Fsp3) is 0.294. The first-order valence-corrected chi connectivity index (χ1v) is 7.25. The molecule has 2 aromatic rings. The number of nitrogens with one attached hydrogen (secondary N) is 2. The predicted octanol–water partition coefficient (Wildman–Crippen LogP) is 4.79. The molecule has 20 heavy (non-hydrogen) atoms. The lowest BCUT2D eigenvalue weighted by atomic mass is 10.1. The summed E-state index contributed by atoms with van der Waals surface area (Å²) in [5.74, 6) is 0. The lowest BCUT2D eigenvalue weighted by Crippen LogP contribution is -2.14. The number of hydrogen-bond donors (Lipinski definition) is 2. The highest BCUT2D eigenvalue weighted by Crippen LogP contribution is 2.20. The topological polar surface area (TPSA) is 24.1 Å². The second kappa shape index (κ2) is 6.67. The van der Waals surface area contributed by atoms with Crippen LogP contribution in [0.1, 0.15) is 16.7 Å². The number of halogens is 1. The van der Waals surface area contributed by atoms with Gasteiger partial charge in [0.15, 0.2) is 0 Å². The zero-order chi connectivity index (χ0) is 14.5. The molecule has 0 aliphatic rings. The summed E-state index contributed by atoms with van der Waals surface area (Å²) in [6.45, 7) is 8.06. The van der Waals surface area contributed by atoms with E-state index in [1.165, 1.54) is 16.7 Å². The van der Waals surface area contributed by atoms with Crippen molar-refractivity contribution in [2.45, 2.75) is 20.8 Å². The van der Waals surface area contributed by atoms with Crippen LogP contribution in [-0.2, 0) is 0 Å². The van der Waals surface area contributed by atoms with Crippen molar-refractivity contribution in [3.63, 3.8) is 0 Å². The third kappa shape index (κ3) is 3.91. The quantitative estimate of drug-likeness (QED) is 0.773. The van der Waals surface area contributed by atoms with Crippen molar-refractivity contribution in [2.75, 3.05) is 23.7 Å². The minimum absolute atomic E-state index is 0.764. The van der Waals surface area contributed by atoms with Gasteiger partial charge < -0.3 is 10.6 Å². The largest absolute Gasteiger partial charge is 0.383 e. The molecule has 2 nitrogen and oxygen atoms in total. The minimum atomic E-state index is 0.764. The van der Waals surface area contributed by atoms with Crippen LogP contribution in [0.4, 0.5) is 11.4 Å². The molecule has 2 rings (SSSR count). The van der Waals surface area contributed by atoms with E-state index in [1.807, 2.05) is 18.2 Å². The molecule has 3 heteroatoms. The molecule has 0 saturated heterocycles. The zero-order valence-corrected chi connectivity index (χ0v) is 13.0. The van der Waals surface area contributed by atoms with E-state index in [2.05, 4.69) is 49.6 Å². The van der Waals surface area contributed by atoms with E-state index in [1.54, 1.807) is 0 Å². The summed E-state index contributed by atoms with van der Waals surface area (Å²) < 4.78 is 0. The van der Waals surface area contributed by atoms with E-state index in [0.29, 0.717) is 0 Å². The van der Waals surface area contributed by atoms with Crippen LogP contribution in [0.15, 0.2) is 36.4 Å². The SMILES string of the molecule is Cc1ccc(NCCNc2cc(Cl)ccc2C)cc1C. The van der Waals surface area contributed by atoms with Gasteiger partial charge in [-0.2, -0.15) is 0 Å². The summed E-state index contributed by atoms with van der Waals surface area (Å²) >= 11 is 6.00. The molecule has 0 atom stereocenters. The maximum atomic E-state index is 6.00. The fourth-order valence-electron chi connectivity index (χ4n) is 2.04. The van der Waals surface area contributed by atoms with Crippen LogP contribution < -0.4 is 10.6 Å². The average Bonchev–Trinajstić information content (AvgIpc) is 2.42. The maximum absolute atomic E-state index is 6.00. The van der Waals surface area contributed by atoms with Crippen LogP contribution in [0, 0.1) is 20.8 Å². The van der Waals surface area contributed by atoms with Crippen molar-refractivity contribution in [1.82, 2.24) is 0 Å². The van der Waals surface area contributed by atoms with Gasteiger partial charge in [-0.3, -0.25) is 0 Å². The standard InChI is InChI=1S/C17H21ClN2/c1-12-5-7-16(10-14(12)3)19-8-9-20-17-11-15(18)6-4-13(17)2/h4-7,10-11,19-20H,8-9H2,1-3H3. The highest BCUT2D eigenvalue weighted by molar-refractivity contribution is 6.30. The molecule has 0 heterocycles. The Labute approximate surface area is 126 Å². The van der Waals surface area contributed by atoms with Gasteiger partial charge in [0.2, 0.25) is 0 Å². The fourth-order valence-corrected chi connectivity index (χ4v) is 2.21. The number of rotatable bonds is 5. The first-order valence-electron chi connectivity index (χ1n) is 6.87. The Balaban J connectivity index is 1.84. The van der Waals surface area contributed by atoms with E-state index in [-0.39, 0.29) is 0 Å². The normalized spacial score (nSPS) is 10.4. The smallest absolute Gasteiger partial charge is 0.0426 e. The highest BCUT2D eigenvalue weighted by atomic mass is 35.5. The van der Waals surface area contributed by atoms with Gasteiger partial charge in [0.1, 0.15) is 0 Å². The van der Waals surface area contributed by atoms with E-state index >= 15 is 0 Å². The highest BCUT2D eigenvalue weighted by Gasteiger charge is 1.99. The molecule has 2 N–H and O–H groups in total. The molecular weight excluding hydrogens is 268 g/mol. The summed E-state index contributed by atoms with van der Waals surface area (Å²) in [4.78, 5) is 0. The maximum Gasteiger partial charge on any atom is 0.0426 e. The molecule has 0 amide bonds. The van der Waals surface area contributed by atoms with Crippen LogP contribution in [0.5, 0.6) is 0 Å². The van der Waals surface area contributed by atoms with Crippen molar-refractivity contribution in [3.05, 3.63) is 58.1 Å². The van der Waals surface area contributed by atoms with Gasteiger partial charge in [-0.25, -0.2) is 0 Å². The minimum Gasteiger partial charge on any atom is -0.383 e. The second-order valence-electron chi connectivity index (χ2n) is 5.11. The lowest BCUT2D eigenvalue weighted by Gasteiger charge is -2.12. The lowest BCUT2D eigenvalue weighted by molar-refractivity contribution is 1.07. The van der Waals surface area contributed by atoms with Crippen molar-refractivity contribution < 1.29 is 0 Å². The Bertz CT molecular complexity index is 594. The van der Waals surface area contributed by atoms with E-state index < -0.39 is 0 Å². The number of hydrogen-bond acceptors (Lipinski definition) is 2. The predicted molar refractivity (Wildman–Crippen MR) is 89.1 cm³/mol. The summed E-state index contributed by atoms with van der Waals surface area (Å²) in [6, 6.07) is 12.4. The molecular formula is C17H21ClN2. The molecule has 0 aliphatic heterocycles. The van der Waals surface area contributed by atoms with Crippen molar-refractivity contribution >= 4 is 23.0 Å². The Morgan fingerprint density at radius 2 is 1.50 bits per heavy atom. The molecule has 0 unspecified atom stereocenters. The molecule has 2 aromatic carbocycles. The third-order valence-electron chi connectivity index (χ3n) is 3.48. The van der Waals surface area contributed by atoms with Crippen LogP contribution in [0.25, 0.3) is 0 Å². The van der Waals surface area contributed by atoms with Gasteiger partial charge in [0, 0.05) is 29.5 Å². The van der Waals surface area contributed by atoms with Gasteiger partial charge in [-0.15, -0.1) is 0 Å². The van der Waals surface area contributed by atoms with Crippen molar-refractivity contribution in [3.8, 4) is 0 Å². The molecule has 0 aliphatic carbocycles.